The molecule has 2 aliphatic rings. The van der Waals surface area contributed by atoms with Gasteiger partial charge in [0.05, 0.1) is 6.54 Å². The summed E-state index contributed by atoms with van der Waals surface area (Å²) in [5, 5.41) is 8.17. The van der Waals surface area contributed by atoms with Crippen molar-refractivity contribution in [3.63, 3.8) is 0 Å². The van der Waals surface area contributed by atoms with E-state index in [1.165, 1.54) is 38.8 Å². The first kappa shape index (κ1) is 14.4. The monoisotopic (exact) mass is 318 g/mol. The van der Waals surface area contributed by atoms with Crippen LogP contribution in [0.4, 0.5) is 0 Å². The first-order valence-corrected chi connectivity index (χ1v) is 9.14. The summed E-state index contributed by atoms with van der Waals surface area (Å²) in [4.78, 5) is 9.62. The second-order valence-electron chi connectivity index (χ2n) is 6.27. The van der Waals surface area contributed by atoms with Crippen LogP contribution in [0.5, 0.6) is 0 Å². The number of piperazine rings is 1. The van der Waals surface area contributed by atoms with Gasteiger partial charge in [-0.2, -0.15) is 16.3 Å². The second-order valence-corrected chi connectivity index (χ2v) is 7.05. The molecule has 1 saturated heterocycles. The molecule has 22 heavy (non-hydrogen) atoms. The van der Waals surface area contributed by atoms with Crippen LogP contribution in [-0.2, 0) is 6.54 Å². The van der Waals surface area contributed by atoms with E-state index in [0.717, 1.165) is 37.1 Å². The normalized spacial score (nSPS) is 21.6. The molecular weight excluding hydrogens is 296 g/mol. The fourth-order valence-corrected chi connectivity index (χ4v) is 4.21. The summed E-state index contributed by atoms with van der Waals surface area (Å²) in [5.74, 6) is 1.44. The van der Waals surface area contributed by atoms with Crippen molar-refractivity contribution in [1.29, 1.82) is 0 Å². The molecule has 4 rings (SSSR count). The first-order chi connectivity index (χ1) is 10.9. The van der Waals surface area contributed by atoms with E-state index in [4.69, 9.17) is 4.52 Å². The Labute approximate surface area is 134 Å². The van der Waals surface area contributed by atoms with Gasteiger partial charge in [0.2, 0.25) is 11.7 Å². The Morgan fingerprint density at radius 1 is 1.18 bits per heavy atom. The van der Waals surface area contributed by atoms with Crippen molar-refractivity contribution in [3.8, 4) is 11.4 Å². The van der Waals surface area contributed by atoms with Crippen molar-refractivity contribution in [1.82, 2.24) is 19.9 Å². The van der Waals surface area contributed by atoms with Gasteiger partial charge in [-0.15, -0.1) is 0 Å². The maximum absolute atomic E-state index is 5.41. The topological polar surface area (TPSA) is 45.4 Å². The third-order valence-corrected chi connectivity index (χ3v) is 5.54. The molecular formula is C16H22N4OS. The molecule has 2 fully saturated rings. The van der Waals surface area contributed by atoms with Crippen LogP contribution in [0.3, 0.4) is 0 Å². The van der Waals surface area contributed by atoms with Gasteiger partial charge in [0.1, 0.15) is 0 Å². The Bertz CT molecular complexity index is 583. The molecule has 3 heterocycles. The van der Waals surface area contributed by atoms with E-state index >= 15 is 0 Å². The molecule has 0 N–H and O–H groups in total. The summed E-state index contributed by atoms with van der Waals surface area (Å²) >= 11 is 1.65. The van der Waals surface area contributed by atoms with E-state index in [0.29, 0.717) is 5.82 Å². The Hall–Kier alpha value is -1.24. The van der Waals surface area contributed by atoms with Gasteiger partial charge in [-0.1, -0.05) is 18.0 Å². The lowest BCUT2D eigenvalue weighted by Crippen LogP contribution is -2.49. The Kier molecular flexibility index (Phi) is 4.23. The molecule has 6 heteroatoms. The van der Waals surface area contributed by atoms with E-state index in [1.54, 1.807) is 11.3 Å². The highest BCUT2D eigenvalue weighted by molar-refractivity contribution is 7.08. The standard InChI is InChI=1S/C16H22N4OS/c1-2-4-14(3-1)20-8-6-19(7-9-20)11-15-17-16(18-21-15)13-5-10-22-12-13/h5,10,12,14H,1-4,6-9,11H2. The molecule has 0 unspecified atom stereocenters. The number of aromatic nitrogens is 2. The first-order valence-electron chi connectivity index (χ1n) is 8.20. The van der Waals surface area contributed by atoms with Crippen molar-refractivity contribution >= 4 is 11.3 Å². The molecule has 5 nitrogen and oxygen atoms in total. The highest BCUT2D eigenvalue weighted by Crippen LogP contribution is 2.24. The van der Waals surface area contributed by atoms with Crippen LogP contribution in [0.15, 0.2) is 21.3 Å². The molecule has 0 amide bonds. The molecule has 1 aliphatic carbocycles. The molecule has 2 aromatic rings. The van der Waals surface area contributed by atoms with Gasteiger partial charge in [0.25, 0.3) is 0 Å². The maximum atomic E-state index is 5.41. The summed E-state index contributed by atoms with van der Waals surface area (Å²) in [5.41, 5.74) is 1.05. The minimum Gasteiger partial charge on any atom is -0.338 e. The lowest BCUT2D eigenvalue weighted by Gasteiger charge is -2.37. The SMILES string of the molecule is c1cc(-c2noc(CN3CCN(C4CCCC4)CC3)n2)cs1. The number of rotatable bonds is 4. The van der Waals surface area contributed by atoms with Gasteiger partial charge in [-0.3, -0.25) is 9.80 Å². The van der Waals surface area contributed by atoms with E-state index in [2.05, 4.69) is 25.3 Å². The van der Waals surface area contributed by atoms with Crippen molar-refractivity contribution in [2.75, 3.05) is 26.2 Å². The second kappa shape index (κ2) is 6.48. The van der Waals surface area contributed by atoms with Gasteiger partial charge in [0.15, 0.2) is 0 Å². The summed E-state index contributed by atoms with van der Waals surface area (Å²) in [6.45, 7) is 5.33. The molecule has 0 atom stereocenters. The zero-order chi connectivity index (χ0) is 14.8. The largest absolute Gasteiger partial charge is 0.338 e. The van der Waals surface area contributed by atoms with E-state index in [1.807, 2.05) is 11.4 Å². The van der Waals surface area contributed by atoms with E-state index in [9.17, 15) is 0 Å². The summed E-state index contributed by atoms with van der Waals surface area (Å²) in [6.07, 6.45) is 5.62. The fourth-order valence-electron chi connectivity index (χ4n) is 3.58. The summed E-state index contributed by atoms with van der Waals surface area (Å²) in [7, 11) is 0. The molecule has 0 radical (unpaired) electrons. The molecule has 0 aromatic carbocycles. The maximum Gasteiger partial charge on any atom is 0.241 e. The third-order valence-electron chi connectivity index (χ3n) is 4.85. The van der Waals surface area contributed by atoms with E-state index < -0.39 is 0 Å². The molecule has 0 bridgehead atoms. The molecule has 2 aromatic heterocycles. The highest BCUT2D eigenvalue weighted by Gasteiger charge is 2.26. The van der Waals surface area contributed by atoms with Gasteiger partial charge in [-0.05, 0) is 24.3 Å². The zero-order valence-corrected chi connectivity index (χ0v) is 13.6. The quantitative estimate of drug-likeness (QED) is 0.867. The van der Waals surface area contributed by atoms with Crippen LogP contribution in [0.1, 0.15) is 31.6 Å². The average molecular weight is 318 g/mol. The van der Waals surface area contributed by atoms with E-state index in [-0.39, 0.29) is 0 Å². The van der Waals surface area contributed by atoms with Crippen LogP contribution in [0.25, 0.3) is 11.4 Å². The smallest absolute Gasteiger partial charge is 0.241 e. The van der Waals surface area contributed by atoms with Crippen LogP contribution in [0, 0.1) is 0 Å². The van der Waals surface area contributed by atoms with Gasteiger partial charge < -0.3 is 4.52 Å². The number of hydrogen-bond acceptors (Lipinski definition) is 6. The minimum absolute atomic E-state index is 0.709. The zero-order valence-electron chi connectivity index (χ0n) is 12.8. The minimum atomic E-state index is 0.709. The average Bonchev–Trinajstić information content (AvgIpc) is 3.30. The summed E-state index contributed by atoms with van der Waals surface area (Å²) in [6, 6.07) is 2.87. The molecule has 1 aliphatic heterocycles. The number of nitrogens with zero attached hydrogens (tertiary/aromatic N) is 4. The predicted molar refractivity (Wildman–Crippen MR) is 86.7 cm³/mol. The number of hydrogen-bond donors (Lipinski definition) is 0. The highest BCUT2D eigenvalue weighted by atomic mass is 32.1. The van der Waals surface area contributed by atoms with Crippen molar-refractivity contribution in [2.45, 2.75) is 38.3 Å². The summed E-state index contributed by atoms with van der Waals surface area (Å²) < 4.78 is 5.41. The van der Waals surface area contributed by atoms with Crippen LogP contribution in [-0.4, -0.2) is 52.2 Å². The van der Waals surface area contributed by atoms with Crippen molar-refractivity contribution in [2.24, 2.45) is 0 Å². The fraction of sp³-hybridized carbons (Fsp3) is 0.625. The van der Waals surface area contributed by atoms with Gasteiger partial charge >= 0.3 is 0 Å². The number of thiophene rings is 1. The molecule has 1 saturated carbocycles. The van der Waals surface area contributed by atoms with Crippen molar-refractivity contribution < 1.29 is 4.52 Å². The van der Waals surface area contributed by atoms with Crippen LogP contribution < -0.4 is 0 Å². The Morgan fingerprint density at radius 3 is 2.73 bits per heavy atom. The predicted octanol–water partition coefficient (Wildman–Crippen LogP) is 2.86. The lowest BCUT2D eigenvalue weighted by atomic mass is 10.2. The molecule has 118 valence electrons. The van der Waals surface area contributed by atoms with Gasteiger partial charge in [-0.25, -0.2) is 0 Å². The van der Waals surface area contributed by atoms with Crippen LogP contribution in [0.2, 0.25) is 0 Å². The Morgan fingerprint density at radius 2 is 2.00 bits per heavy atom. The lowest BCUT2D eigenvalue weighted by molar-refractivity contribution is 0.0868. The molecule has 0 spiro atoms. The van der Waals surface area contributed by atoms with Gasteiger partial charge in [0, 0.05) is 43.2 Å². The Balaban J connectivity index is 1.31. The third kappa shape index (κ3) is 3.09. The van der Waals surface area contributed by atoms with Crippen molar-refractivity contribution in [3.05, 3.63) is 22.7 Å². The van der Waals surface area contributed by atoms with Crippen LogP contribution >= 0.6 is 11.3 Å².